The second-order valence-electron chi connectivity index (χ2n) is 5.45. The van der Waals surface area contributed by atoms with Gasteiger partial charge in [0.25, 0.3) is 0 Å². The lowest BCUT2D eigenvalue weighted by atomic mass is 9.92. The topological polar surface area (TPSA) is 98.5 Å². The van der Waals surface area contributed by atoms with Gasteiger partial charge in [-0.25, -0.2) is 8.42 Å². The SMILES string of the molecule is CC1CC(C(=O)O)CN(S(=O)(=O)c2ccc(C#N)c(Cl)c2)C1. The summed E-state index contributed by atoms with van der Waals surface area (Å²) in [6.45, 7) is 2.03. The molecule has 2 atom stereocenters. The Morgan fingerprint density at radius 1 is 1.45 bits per heavy atom. The van der Waals surface area contributed by atoms with Gasteiger partial charge in [0.2, 0.25) is 10.0 Å². The molecule has 2 unspecified atom stereocenters. The van der Waals surface area contributed by atoms with Crippen LogP contribution in [-0.2, 0) is 14.8 Å². The zero-order valence-electron chi connectivity index (χ0n) is 11.9. The molecule has 118 valence electrons. The zero-order chi connectivity index (χ0) is 16.5. The van der Waals surface area contributed by atoms with E-state index in [1.807, 2.05) is 13.0 Å². The number of nitrogens with zero attached hydrogens (tertiary/aromatic N) is 2. The first kappa shape index (κ1) is 16.7. The first-order valence-electron chi connectivity index (χ1n) is 6.68. The summed E-state index contributed by atoms with van der Waals surface area (Å²) in [5.74, 6) is -1.75. The highest BCUT2D eigenvalue weighted by Gasteiger charge is 2.36. The summed E-state index contributed by atoms with van der Waals surface area (Å²) >= 11 is 5.88. The van der Waals surface area contributed by atoms with Crippen LogP contribution in [0.15, 0.2) is 23.1 Å². The molecule has 0 spiro atoms. The molecule has 1 fully saturated rings. The predicted molar refractivity (Wildman–Crippen MR) is 79.8 cm³/mol. The fourth-order valence-corrected chi connectivity index (χ4v) is 4.49. The van der Waals surface area contributed by atoms with Crippen molar-refractivity contribution in [2.24, 2.45) is 11.8 Å². The average molecular weight is 343 g/mol. The molecule has 0 aromatic heterocycles. The number of carbonyl (C=O) groups is 1. The van der Waals surface area contributed by atoms with Crippen LogP contribution in [0.5, 0.6) is 0 Å². The normalized spacial score (nSPS) is 23.0. The van der Waals surface area contributed by atoms with Crippen molar-refractivity contribution in [1.82, 2.24) is 4.31 Å². The van der Waals surface area contributed by atoms with Crippen LogP contribution >= 0.6 is 11.6 Å². The maximum absolute atomic E-state index is 12.6. The van der Waals surface area contributed by atoms with Crippen LogP contribution < -0.4 is 0 Å². The molecule has 22 heavy (non-hydrogen) atoms. The quantitative estimate of drug-likeness (QED) is 0.905. The van der Waals surface area contributed by atoms with E-state index >= 15 is 0 Å². The fourth-order valence-electron chi connectivity index (χ4n) is 2.57. The molecule has 0 saturated carbocycles. The van der Waals surface area contributed by atoms with Gasteiger partial charge >= 0.3 is 5.97 Å². The van der Waals surface area contributed by atoms with Crippen molar-refractivity contribution in [3.63, 3.8) is 0 Å². The molecular weight excluding hydrogens is 328 g/mol. The van der Waals surface area contributed by atoms with Crippen molar-refractivity contribution in [2.45, 2.75) is 18.2 Å². The summed E-state index contributed by atoms with van der Waals surface area (Å²) in [6, 6.07) is 5.75. The first-order valence-corrected chi connectivity index (χ1v) is 8.50. The Morgan fingerprint density at radius 3 is 2.68 bits per heavy atom. The second-order valence-corrected chi connectivity index (χ2v) is 7.80. The maximum atomic E-state index is 12.6. The minimum Gasteiger partial charge on any atom is -0.481 e. The Balaban J connectivity index is 2.35. The van der Waals surface area contributed by atoms with E-state index in [1.165, 1.54) is 22.5 Å². The Labute approximate surface area is 134 Å². The third kappa shape index (κ3) is 3.24. The molecule has 1 aliphatic rings. The van der Waals surface area contributed by atoms with Crippen LogP contribution in [0.25, 0.3) is 0 Å². The maximum Gasteiger partial charge on any atom is 0.307 e. The Kier molecular flexibility index (Phi) is 4.75. The number of sulfonamides is 1. The van der Waals surface area contributed by atoms with E-state index in [0.29, 0.717) is 6.42 Å². The molecule has 1 aromatic carbocycles. The van der Waals surface area contributed by atoms with Gasteiger partial charge in [0.15, 0.2) is 0 Å². The Bertz CT molecular complexity index is 742. The average Bonchev–Trinajstić information content (AvgIpc) is 2.46. The van der Waals surface area contributed by atoms with Crippen LogP contribution in [-0.4, -0.2) is 36.9 Å². The van der Waals surface area contributed by atoms with E-state index in [-0.39, 0.29) is 34.5 Å². The molecule has 0 amide bonds. The summed E-state index contributed by atoms with van der Waals surface area (Å²) in [6.07, 6.45) is 0.454. The van der Waals surface area contributed by atoms with E-state index in [2.05, 4.69) is 0 Å². The van der Waals surface area contributed by atoms with Crippen molar-refractivity contribution in [2.75, 3.05) is 13.1 Å². The number of carboxylic acids is 1. The summed E-state index contributed by atoms with van der Waals surface area (Å²) in [5.41, 5.74) is 0.191. The smallest absolute Gasteiger partial charge is 0.307 e. The zero-order valence-corrected chi connectivity index (χ0v) is 13.4. The number of nitriles is 1. The Morgan fingerprint density at radius 2 is 2.14 bits per heavy atom. The van der Waals surface area contributed by atoms with Crippen LogP contribution in [0.4, 0.5) is 0 Å². The van der Waals surface area contributed by atoms with Crippen molar-refractivity contribution in [1.29, 1.82) is 5.26 Å². The molecule has 0 radical (unpaired) electrons. The molecule has 1 saturated heterocycles. The molecule has 1 heterocycles. The highest BCUT2D eigenvalue weighted by Crippen LogP contribution is 2.29. The Hall–Kier alpha value is -1.62. The molecule has 8 heteroatoms. The molecule has 1 N–H and O–H groups in total. The van der Waals surface area contributed by atoms with Gasteiger partial charge in [-0.2, -0.15) is 9.57 Å². The minimum atomic E-state index is -3.83. The third-order valence-corrected chi connectivity index (χ3v) is 5.81. The van der Waals surface area contributed by atoms with E-state index < -0.39 is 21.9 Å². The molecule has 2 rings (SSSR count). The monoisotopic (exact) mass is 342 g/mol. The molecule has 1 aromatic rings. The molecule has 1 aliphatic heterocycles. The largest absolute Gasteiger partial charge is 0.481 e. The van der Waals surface area contributed by atoms with E-state index in [1.54, 1.807) is 0 Å². The second kappa shape index (κ2) is 6.24. The van der Waals surface area contributed by atoms with Gasteiger partial charge in [-0.15, -0.1) is 0 Å². The van der Waals surface area contributed by atoms with Crippen molar-refractivity contribution < 1.29 is 18.3 Å². The number of hydrogen-bond donors (Lipinski definition) is 1. The number of carboxylic acid groups (broad SMARTS) is 1. The number of aliphatic carboxylic acids is 1. The van der Waals surface area contributed by atoms with Crippen molar-refractivity contribution in [3.05, 3.63) is 28.8 Å². The van der Waals surface area contributed by atoms with E-state index in [9.17, 15) is 13.2 Å². The van der Waals surface area contributed by atoms with Crippen molar-refractivity contribution in [3.8, 4) is 6.07 Å². The number of benzene rings is 1. The lowest BCUT2D eigenvalue weighted by Gasteiger charge is -2.33. The summed E-state index contributed by atoms with van der Waals surface area (Å²) in [5, 5.41) is 18.0. The van der Waals surface area contributed by atoms with Crippen LogP contribution in [0.1, 0.15) is 18.9 Å². The van der Waals surface area contributed by atoms with Gasteiger partial charge < -0.3 is 5.11 Å². The first-order chi connectivity index (χ1) is 10.3. The van der Waals surface area contributed by atoms with Gasteiger partial charge in [-0.3, -0.25) is 4.79 Å². The molecule has 6 nitrogen and oxygen atoms in total. The van der Waals surface area contributed by atoms with E-state index in [4.69, 9.17) is 22.0 Å². The standard InChI is InChI=1S/C14H15ClN2O4S/c1-9-4-11(14(18)19)8-17(7-9)22(20,21)12-3-2-10(6-16)13(15)5-12/h2-3,5,9,11H,4,7-8H2,1H3,(H,18,19). The number of piperidine rings is 1. The van der Waals surface area contributed by atoms with Gasteiger partial charge in [0.05, 0.1) is 21.4 Å². The van der Waals surface area contributed by atoms with Gasteiger partial charge in [0.1, 0.15) is 6.07 Å². The van der Waals surface area contributed by atoms with Crippen LogP contribution in [0.2, 0.25) is 5.02 Å². The van der Waals surface area contributed by atoms with Crippen LogP contribution in [0, 0.1) is 23.2 Å². The van der Waals surface area contributed by atoms with Crippen molar-refractivity contribution >= 4 is 27.6 Å². The molecule has 0 aliphatic carbocycles. The highest BCUT2D eigenvalue weighted by molar-refractivity contribution is 7.89. The highest BCUT2D eigenvalue weighted by atomic mass is 35.5. The molecule has 0 bridgehead atoms. The minimum absolute atomic E-state index is 0.0326. The number of halogens is 1. The lowest BCUT2D eigenvalue weighted by molar-refractivity contribution is -0.143. The number of hydrogen-bond acceptors (Lipinski definition) is 4. The third-order valence-electron chi connectivity index (χ3n) is 3.67. The summed E-state index contributed by atoms with van der Waals surface area (Å²) in [7, 11) is -3.83. The molecular formula is C14H15ClN2O4S. The van der Waals surface area contributed by atoms with Gasteiger partial charge in [0, 0.05) is 13.1 Å². The summed E-state index contributed by atoms with van der Waals surface area (Å²) < 4.78 is 26.5. The lowest BCUT2D eigenvalue weighted by Crippen LogP contribution is -2.45. The summed E-state index contributed by atoms with van der Waals surface area (Å²) in [4.78, 5) is 11.1. The van der Waals surface area contributed by atoms with Gasteiger partial charge in [-0.05, 0) is 30.5 Å². The fraction of sp³-hybridized carbons (Fsp3) is 0.429. The number of rotatable bonds is 3. The van der Waals surface area contributed by atoms with Crippen LogP contribution in [0.3, 0.4) is 0 Å². The van der Waals surface area contributed by atoms with E-state index in [0.717, 1.165) is 0 Å². The van der Waals surface area contributed by atoms with Gasteiger partial charge in [-0.1, -0.05) is 18.5 Å². The predicted octanol–water partition coefficient (Wildman–Crippen LogP) is 1.94.